The summed E-state index contributed by atoms with van der Waals surface area (Å²) >= 11 is 0. The van der Waals surface area contributed by atoms with E-state index < -0.39 is 0 Å². The van der Waals surface area contributed by atoms with E-state index in [4.69, 9.17) is 0 Å². The number of pyridine rings is 1. The lowest BCUT2D eigenvalue weighted by atomic mass is 9.94. The van der Waals surface area contributed by atoms with Crippen LogP contribution in [0.2, 0.25) is 0 Å². The monoisotopic (exact) mass is 274 g/mol. The summed E-state index contributed by atoms with van der Waals surface area (Å²) in [5.74, 6) is 0. The third-order valence-electron chi connectivity index (χ3n) is 4.57. The Morgan fingerprint density at radius 2 is 2.10 bits per heavy atom. The third-order valence-corrected chi connectivity index (χ3v) is 4.57. The maximum absolute atomic E-state index is 12.7. The number of rotatable bonds is 6. The predicted octanol–water partition coefficient (Wildman–Crippen LogP) is 2.78. The zero-order valence-electron chi connectivity index (χ0n) is 12.6. The number of nitrogens with zero attached hydrogens (tertiary/aromatic N) is 1. The number of nitrogens with one attached hydrogen (secondary N) is 1. The first kappa shape index (κ1) is 13.9. The summed E-state index contributed by atoms with van der Waals surface area (Å²) in [4.78, 5) is 12.7. The standard InChI is InChI=1S/C17H26N2O/c1-2-3-10-19-16-7-5-4-6-13(16)11-14(17(19)20)12-18-15-8-9-15/h11,15,18H,2-10,12H2,1H3. The fourth-order valence-electron chi connectivity index (χ4n) is 3.17. The van der Waals surface area contributed by atoms with E-state index in [2.05, 4.69) is 22.9 Å². The first-order valence-electron chi connectivity index (χ1n) is 8.27. The molecule has 3 rings (SSSR count). The molecule has 3 nitrogen and oxygen atoms in total. The lowest BCUT2D eigenvalue weighted by Gasteiger charge is -2.22. The quantitative estimate of drug-likeness (QED) is 0.865. The van der Waals surface area contributed by atoms with Crippen molar-refractivity contribution < 1.29 is 0 Å². The van der Waals surface area contributed by atoms with Gasteiger partial charge in [-0.15, -0.1) is 0 Å². The van der Waals surface area contributed by atoms with E-state index in [9.17, 15) is 4.79 Å². The Morgan fingerprint density at radius 1 is 1.30 bits per heavy atom. The number of fused-ring (bicyclic) bond motifs is 1. The van der Waals surface area contributed by atoms with Crippen LogP contribution in [0.15, 0.2) is 10.9 Å². The van der Waals surface area contributed by atoms with Gasteiger partial charge in [-0.1, -0.05) is 13.3 Å². The largest absolute Gasteiger partial charge is 0.312 e. The summed E-state index contributed by atoms with van der Waals surface area (Å²) in [7, 11) is 0. The predicted molar refractivity (Wildman–Crippen MR) is 82.1 cm³/mol. The molecule has 0 atom stereocenters. The van der Waals surface area contributed by atoms with E-state index in [0.29, 0.717) is 6.04 Å². The molecule has 2 aliphatic carbocycles. The van der Waals surface area contributed by atoms with Crippen molar-refractivity contribution in [3.05, 3.63) is 33.2 Å². The lowest BCUT2D eigenvalue weighted by molar-refractivity contribution is 0.539. The molecule has 1 fully saturated rings. The van der Waals surface area contributed by atoms with Crippen molar-refractivity contribution in [3.8, 4) is 0 Å². The molecule has 1 aromatic heterocycles. The van der Waals surface area contributed by atoms with Gasteiger partial charge in [-0.2, -0.15) is 0 Å². The molecule has 0 amide bonds. The van der Waals surface area contributed by atoms with Gasteiger partial charge in [0.05, 0.1) is 0 Å². The minimum Gasteiger partial charge on any atom is -0.312 e. The van der Waals surface area contributed by atoms with Crippen LogP contribution in [0.4, 0.5) is 0 Å². The number of hydrogen-bond donors (Lipinski definition) is 1. The first-order valence-corrected chi connectivity index (χ1v) is 8.27. The van der Waals surface area contributed by atoms with Gasteiger partial charge in [0.2, 0.25) is 0 Å². The minimum atomic E-state index is 0.257. The van der Waals surface area contributed by atoms with Crippen LogP contribution in [0.5, 0.6) is 0 Å². The molecule has 110 valence electrons. The van der Waals surface area contributed by atoms with Crippen LogP contribution in [-0.2, 0) is 25.9 Å². The number of hydrogen-bond acceptors (Lipinski definition) is 2. The summed E-state index contributed by atoms with van der Waals surface area (Å²) in [6, 6.07) is 2.85. The summed E-state index contributed by atoms with van der Waals surface area (Å²) in [6.45, 7) is 3.84. The Balaban J connectivity index is 1.90. The van der Waals surface area contributed by atoms with Crippen LogP contribution in [-0.4, -0.2) is 10.6 Å². The molecule has 3 heteroatoms. The van der Waals surface area contributed by atoms with E-state index >= 15 is 0 Å². The van der Waals surface area contributed by atoms with Gasteiger partial charge in [-0.25, -0.2) is 0 Å². The second kappa shape index (κ2) is 6.13. The first-order chi connectivity index (χ1) is 9.79. The van der Waals surface area contributed by atoms with Crippen molar-refractivity contribution in [1.82, 2.24) is 9.88 Å². The van der Waals surface area contributed by atoms with E-state index in [-0.39, 0.29) is 5.56 Å². The van der Waals surface area contributed by atoms with Crippen LogP contribution >= 0.6 is 0 Å². The molecule has 0 aromatic carbocycles. The Hall–Kier alpha value is -1.09. The minimum absolute atomic E-state index is 0.257. The molecule has 1 saturated carbocycles. The third kappa shape index (κ3) is 2.98. The summed E-state index contributed by atoms with van der Waals surface area (Å²) in [5, 5.41) is 3.49. The molecule has 1 heterocycles. The Kier molecular flexibility index (Phi) is 4.25. The van der Waals surface area contributed by atoms with Crippen LogP contribution in [0.3, 0.4) is 0 Å². The highest BCUT2D eigenvalue weighted by Crippen LogP contribution is 2.22. The van der Waals surface area contributed by atoms with Crippen molar-refractivity contribution in [2.75, 3.05) is 0 Å². The number of aromatic nitrogens is 1. The lowest BCUT2D eigenvalue weighted by Crippen LogP contribution is -2.32. The highest BCUT2D eigenvalue weighted by Gasteiger charge is 2.22. The number of aryl methyl sites for hydroxylation is 1. The van der Waals surface area contributed by atoms with Gasteiger partial charge in [-0.3, -0.25) is 4.79 Å². The van der Waals surface area contributed by atoms with Crippen molar-refractivity contribution in [1.29, 1.82) is 0 Å². The zero-order chi connectivity index (χ0) is 13.9. The van der Waals surface area contributed by atoms with Gasteiger partial charge in [-0.05, 0) is 56.6 Å². The maximum atomic E-state index is 12.7. The second-order valence-corrected chi connectivity index (χ2v) is 6.31. The summed E-state index contributed by atoms with van der Waals surface area (Å²) in [6.07, 6.45) is 9.54. The second-order valence-electron chi connectivity index (χ2n) is 6.31. The number of unbranched alkanes of at least 4 members (excludes halogenated alkanes) is 1. The fraction of sp³-hybridized carbons (Fsp3) is 0.706. The molecule has 1 aromatic rings. The molecular weight excluding hydrogens is 248 g/mol. The normalized spacial score (nSPS) is 18.1. The summed E-state index contributed by atoms with van der Waals surface area (Å²) < 4.78 is 2.09. The molecule has 0 spiro atoms. The van der Waals surface area contributed by atoms with E-state index in [1.54, 1.807) is 0 Å². The Morgan fingerprint density at radius 3 is 2.85 bits per heavy atom. The van der Waals surface area contributed by atoms with Crippen molar-refractivity contribution in [3.63, 3.8) is 0 Å². The van der Waals surface area contributed by atoms with Gasteiger partial charge < -0.3 is 9.88 Å². The van der Waals surface area contributed by atoms with E-state index in [1.165, 1.54) is 36.9 Å². The van der Waals surface area contributed by atoms with Crippen LogP contribution in [0.25, 0.3) is 0 Å². The van der Waals surface area contributed by atoms with E-state index in [1.807, 2.05) is 0 Å². The fourth-order valence-corrected chi connectivity index (χ4v) is 3.17. The van der Waals surface area contributed by atoms with Crippen molar-refractivity contribution in [2.45, 2.75) is 77.4 Å². The van der Waals surface area contributed by atoms with Crippen molar-refractivity contribution in [2.24, 2.45) is 0 Å². The Bertz CT molecular complexity index is 529. The zero-order valence-corrected chi connectivity index (χ0v) is 12.6. The molecule has 0 radical (unpaired) electrons. The van der Waals surface area contributed by atoms with Crippen LogP contribution in [0, 0.1) is 0 Å². The topological polar surface area (TPSA) is 34.0 Å². The average Bonchev–Trinajstić information content (AvgIpc) is 3.28. The SMILES string of the molecule is CCCCn1c2c(cc(CNC3CC3)c1=O)CCCC2. The molecule has 0 bridgehead atoms. The smallest absolute Gasteiger partial charge is 0.255 e. The van der Waals surface area contributed by atoms with Crippen LogP contribution in [0.1, 0.15) is 62.3 Å². The molecule has 2 aliphatic rings. The maximum Gasteiger partial charge on any atom is 0.255 e. The van der Waals surface area contributed by atoms with Gasteiger partial charge >= 0.3 is 0 Å². The molecule has 0 saturated heterocycles. The Labute approximate surface area is 121 Å². The molecule has 0 aliphatic heterocycles. The molecule has 1 N–H and O–H groups in total. The average molecular weight is 274 g/mol. The molecule has 20 heavy (non-hydrogen) atoms. The van der Waals surface area contributed by atoms with Crippen molar-refractivity contribution >= 4 is 0 Å². The molecule has 0 unspecified atom stereocenters. The highest BCUT2D eigenvalue weighted by atomic mass is 16.1. The van der Waals surface area contributed by atoms with Gasteiger partial charge in [0.1, 0.15) is 0 Å². The van der Waals surface area contributed by atoms with Gasteiger partial charge in [0, 0.05) is 30.4 Å². The van der Waals surface area contributed by atoms with Gasteiger partial charge in [0.15, 0.2) is 0 Å². The highest BCUT2D eigenvalue weighted by molar-refractivity contribution is 5.29. The van der Waals surface area contributed by atoms with E-state index in [0.717, 1.165) is 44.3 Å². The van der Waals surface area contributed by atoms with Gasteiger partial charge in [0.25, 0.3) is 5.56 Å². The van der Waals surface area contributed by atoms with Crippen LogP contribution < -0.4 is 10.9 Å². The summed E-state index contributed by atoms with van der Waals surface area (Å²) in [5.41, 5.74) is 3.99. The molecular formula is C17H26N2O.